The highest BCUT2D eigenvalue weighted by Crippen LogP contribution is 2.45. The molecular formula is C38H22N4S3. The Balaban J connectivity index is 1.19. The Labute approximate surface area is 271 Å². The molecule has 5 heterocycles. The molecule has 5 aromatic heterocycles. The standard InChI is InChI=1S/C38H22N4S3/c1-3-7-26-19-28(11-9-23(26)5-1)30-21-33(43-22-30)34-35(25-15-17-39-18-16-25)40-36(38-37(34)41-45-42-38)32-14-13-31(44-32)29-12-10-24-6-2-4-8-27(24)20-29/h1-22H. The Bertz CT molecular complexity index is 2510. The van der Waals surface area contributed by atoms with Crippen molar-refractivity contribution in [1.82, 2.24) is 18.7 Å². The quantitative estimate of drug-likeness (QED) is 0.190. The van der Waals surface area contributed by atoms with Crippen molar-refractivity contribution in [3.63, 3.8) is 0 Å². The summed E-state index contributed by atoms with van der Waals surface area (Å²) in [6.07, 6.45) is 3.64. The SMILES string of the molecule is c1ccc2cc(-c3csc(-c4c(-c5ccncc5)nc(-c5ccc(-c6ccc7ccccc7c6)s5)c5nsnc45)c3)ccc2c1. The zero-order chi connectivity index (χ0) is 29.7. The van der Waals surface area contributed by atoms with Gasteiger partial charge in [0, 0.05) is 33.3 Å². The van der Waals surface area contributed by atoms with Crippen molar-refractivity contribution < 1.29 is 0 Å². The summed E-state index contributed by atoms with van der Waals surface area (Å²) < 4.78 is 9.68. The number of hydrogen-bond donors (Lipinski definition) is 0. The van der Waals surface area contributed by atoms with Gasteiger partial charge in [0.1, 0.15) is 16.7 Å². The van der Waals surface area contributed by atoms with Gasteiger partial charge >= 0.3 is 0 Å². The molecule has 0 N–H and O–H groups in total. The third kappa shape index (κ3) is 4.64. The Morgan fingerprint density at radius 1 is 0.467 bits per heavy atom. The second kappa shape index (κ2) is 10.8. The first-order valence-electron chi connectivity index (χ1n) is 14.5. The van der Waals surface area contributed by atoms with E-state index in [1.807, 2.05) is 24.5 Å². The van der Waals surface area contributed by atoms with E-state index < -0.39 is 0 Å². The number of hydrogen-bond acceptors (Lipinski definition) is 7. The summed E-state index contributed by atoms with van der Waals surface area (Å²) in [7, 11) is 0. The summed E-state index contributed by atoms with van der Waals surface area (Å²) in [6.45, 7) is 0. The van der Waals surface area contributed by atoms with Crippen LogP contribution in [0.3, 0.4) is 0 Å². The molecule has 0 amide bonds. The molecule has 7 heteroatoms. The van der Waals surface area contributed by atoms with Crippen molar-refractivity contribution in [3.05, 3.63) is 133 Å². The van der Waals surface area contributed by atoms with Crippen molar-refractivity contribution in [3.8, 4) is 53.8 Å². The molecule has 45 heavy (non-hydrogen) atoms. The molecule has 212 valence electrons. The number of fused-ring (bicyclic) bond motifs is 3. The van der Waals surface area contributed by atoms with Crippen LogP contribution >= 0.6 is 34.4 Å². The third-order valence-electron chi connectivity index (χ3n) is 8.17. The summed E-state index contributed by atoms with van der Waals surface area (Å²) in [5.41, 5.74) is 9.05. The van der Waals surface area contributed by atoms with E-state index in [4.69, 9.17) is 13.7 Å². The predicted octanol–water partition coefficient (Wildman–Crippen LogP) is 11.2. The highest BCUT2D eigenvalue weighted by molar-refractivity contribution is 7.19. The van der Waals surface area contributed by atoms with Gasteiger partial charge in [-0.2, -0.15) is 8.75 Å². The lowest BCUT2D eigenvalue weighted by atomic mass is 10.00. The van der Waals surface area contributed by atoms with E-state index in [-0.39, 0.29) is 0 Å². The van der Waals surface area contributed by atoms with Gasteiger partial charge in [0.15, 0.2) is 0 Å². The van der Waals surface area contributed by atoms with Gasteiger partial charge < -0.3 is 0 Å². The lowest BCUT2D eigenvalue weighted by Gasteiger charge is -2.11. The maximum Gasteiger partial charge on any atom is 0.132 e. The molecule has 0 fully saturated rings. The number of aromatic nitrogens is 4. The average molecular weight is 631 g/mol. The van der Waals surface area contributed by atoms with Gasteiger partial charge in [-0.1, -0.05) is 72.8 Å². The summed E-state index contributed by atoms with van der Waals surface area (Å²) in [5, 5.41) is 7.17. The minimum atomic E-state index is 0.834. The minimum absolute atomic E-state index is 0.834. The number of benzene rings is 4. The predicted molar refractivity (Wildman–Crippen MR) is 191 cm³/mol. The van der Waals surface area contributed by atoms with Crippen LogP contribution in [0.5, 0.6) is 0 Å². The van der Waals surface area contributed by atoms with E-state index >= 15 is 0 Å². The molecule has 0 spiro atoms. The first-order chi connectivity index (χ1) is 22.3. The summed E-state index contributed by atoms with van der Waals surface area (Å²) in [5.74, 6) is 0. The smallest absolute Gasteiger partial charge is 0.132 e. The largest absolute Gasteiger partial charge is 0.265 e. The Hall–Kier alpha value is -5.08. The summed E-state index contributed by atoms with van der Waals surface area (Å²) in [6, 6.07) is 40.9. The van der Waals surface area contributed by atoms with E-state index in [0.717, 1.165) is 43.3 Å². The molecule has 0 aliphatic rings. The van der Waals surface area contributed by atoms with Crippen molar-refractivity contribution in [2.75, 3.05) is 0 Å². The highest BCUT2D eigenvalue weighted by atomic mass is 32.1. The van der Waals surface area contributed by atoms with Gasteiger partial charge in [-0.15, -0.1) is 22.7 Å². The summed E-state index contributed by atoms with van der Waals surface area (Å²) in [4.78, 5) is 13.0. The fourth-order valence-electron chi connectivity index (χ4n) is 5.92. The van der Waals surface area contributed by atoms with Crippen LogP contribution in [0.2, 0.25) is 0 Å². The fourth-order valence-corrected chi connectivity index (χ4v) is 8.43. The van der Waals surface area contributed by atoms with Crippen LogP contribution in [0.1, 0.15) is 0 Å². The number of pyridine rings is 2. The van der Waals surface area contributed by atoms with Gasteiger partial charge in [-0.05, 0) is 86.1 Å². The molecule has 9 rings (SSSR count). The minimum Gasteiger partial charge on any atom is -0.265 e. The molecule has 0 unspecified atom stereocenters. The number of thiophene rings is 2. The van der Waals surface area contributed by atoms with Crippen molar-refractivity contribution in [1.29, 1.82) is 0 Å². The van der Waals surface area contributed by atoms with Crippen LogP contribution in [0.15, 0.2) is 133 Å². The molecule has 0 bridgehead atoms. The molecular weight excluding hydrogens is 609 g/mol. The lowest BCUT2D eigenvalue weighted by Crippen LogP contribution is -1.94. The van der Waals surface area contributed by atoms with Gasteiger partial charge in [0.2, 0.25) is 0 Å². The molecule has 4 aromatic carbocycles. The zero-order valence-electron chi connectivity index (χ0n) is 23.7. The van der Waals surface area contributed by atoms with E-state index in [2.05, 4.69) is 113 Å². The van der Waals surface area contributed by atoms with E-state index in [1.54, 1.807) is 22.7 Å². The van der Waals surface area contributed by atoms with E-state index in [0.29, 0.717) is 0 Å². The Morgan fingerprint density at radius 2 is 1.13 bits per heavy atom. The van der Waals surface area contributed by atoms with Crippen LogP contribution in [0.4, 0.5) is 0 Å². The molecule has 0 saturated heterocycles. The summed E-state index contributed by atoms with van der Waals surface area (Å²) >= 11 is 4.70. The zero-order valence-corrected chi connectivity index (χ0v) is 26.2. The van der Waals surface area contributed by atoms with Crippen LogP contribution in [0, 0.1) is 0 Å². The Morgan fingerprint density at radius 3 is 1.91 bits per heavy atom. The molecule has 0 aliphatic heterocycles. The van der Waals surface area contributed by atoms with E-state index in [1.165, 1.54) is 54.8 Å². The number of nitrogens with zero attached hydrogens (tertiary/aromatic N) is 4. The average Bonchev–Trinajstić information content (AvgIpc) is 3.89. The molecule has 0 aliphatic carbocycles. The molecule has 9 aromatic rings. The van der Waals surface area contributed by atoms with Gasteiger partial charge in [0.05, 0.1) is 22.3 Å². The van der Waals surface area contributed by atoms with Crippen LogP contribution < -0.4 is 0 Å². The van der Waals surface area contributed by atoms with Gasteiger partial charge in [-0.25, -0.2) is 4.98 Å². The fraction of sp³-hybridized carbons (Fsp3) is 0. The second-order valence-electron chi connectivity index (χ2n) is 10.9. The van der Waals surface area contributed by atoms with Crippen LogP contribution in [-0.2, 0) is 0 Å². The first-order valence-corrected chi connectivity index (χ1v) is 17.0. The first kappa shape index (κ1) is 26.3. The molecule has 0 radical (unpaired) electrons. The van der Waals surface area contributed by atoms with Gasteiger partial charge in [0.25, 0.3) is 0 Å². The Kier molecular flexibility index (Phi) is 6.33. The van der Waals surface area contributed by atoms with Crippen molar-refractivity contribution >= 4 is 67.0 Å². The van der Waals surface area contributed by atoms with Crippen molar-refractivity contribution in [2.45, 2.75) is 0 Å². The van der Waals surface area contributed by atoms with Crippen LogP contribution in [0.25, 0.3) is 86.4 Å². The third-order valence-corrected chi connectivity index (χ3v) is 10.8. The molecule has 4 nitrogen and oxygen atoms in total. The normalized spacial score (nSPS) is 11.6. The maximum atomic E-state index is 5.36. The maximum absolute atomic E-state index is 5.36. The lowest BCUT2D eigenvalue weighted by molar-refractivity contribution is 1.30. The van der Waals surface area contributed by atoms with Crippen molar-refractivity contribution in [2.24, 2.45) is 0 Å². The van der Waals surface area contributed by atoms with Gasteiger partial charge in [-0.3, -0.25) is 4.98 Å². The van der Waals surface area contributed by atoms with Crippen LogP contribution in [-0.4, -0.2) is 18.7 Å². The van der Waals surface area contributed by atoms with E-state index in [9.17, 15) is 0 Å². The molecule has 0 atom stereocenters. The topological polar surface area (TPSA) is 51.6 Å². The monoisotopic (exact) mass is 630 g/mol. The second-order valence-corrected chi connectivity index (χ2v) is 13.4. The molecule has 0 saturated carbocycles. The number of rotatable bonds is 5. The highest BCUT2D eigenvalue weighted by Gasteiger charge is 2.23.